The lowest BCUT2D eigenvalue weighted by atomic mass is 9.89. The molecule has 19 heavy (non-hydrogen) atoms. The van der Waals surface area contributed by atoms with Crippen LogP contribution in [0, 0.1) is 5.41 Å². The summed E-state index contributed by atoms with van der Waals surface area (Å²) in [7, 11) is -6.90. The lowest BCUT2D eigenvalue weighted by Gasteiger charge is -2.23. The van der Waals surface area contributed by atoms with E-state index in [1.165, 1.54) is 0 Å². The number of sulfonamides is 1. The number of nitrogens with one attached hydrogen (secondary N) is 1. The van der Waals surface area contributed by atoms with Crippen molar-refractivity contribution in [1.82, 2.24) is 4.72 Å². The number of rotatable bonds is 5. The van der Waals surface area contributed by atoms with Crippen molar-refractivity contribution < 1.29 is 21.9 Å². The molecule has 114 valence electrons. The van der Waals surface area contributed by atoms with Crippen molar-refractivity contribution in [3.63, 3.8) is 0 Å². The van der Waals surface area contributed by atoms with Crippen LogP contribution in [0.15, 0.2) is 0 Å². The average molecular weight is 313 g/mol. The van der Waals surface area contributed by atoms with Crippen molar-refractivity contribution in [1.29, 1.82) is 0 Å². The molecule has 0 amide bonds. The molecule has 2 atom stereocenters. The molecule has 1 saturated heterocycles. The standard InChI is InChI=1S/C11H23NO5S2/c1-11(2,3)6-9(13)7-12-19(16,17)10-4-5-18(14,15)8-10/h9-10,12-13H,4-8H2,1-3H3. The fraction of sp³-hybridized carbons (Fsp3) is 1.00. The second-order valence-corrected chi connectivity index (χ2v) is 10.6. The average Bonchev–Trinajstić information content (AvgIpc) is 2.54. The highest BCUT2D eigenvalue weighted by molar-refractivity contribution is 7.95. The fourth-order valence-corrected chi connectivity index (χ4v) is 6.23. The second kappa shape index (κ2) is 5.67. The lowest BCUT2D eigenvalue weighted by molar-refractivity contribution is 0.125. The fourth-order valence-electron chi connectivity index (χ4n) is 2.11. The van der Waals surface area contributed by atoms with Gasteiger partial charge in [-0.1, -0.05) is 20.8 Å². The molecule has 1 aliphatic heterocycles. The summed E-state index contributed by atoms with van der Waals surface area (Å²) < 4.78 is 48.7. The smallest absolute Gasteiger partial charge is 0.215 e. The summed E-state index contributed by atoms with van der Waals surface area (Å²) in [6, 6.07) is 0. The maximum atomic E-state index is 11.9. The molecule has 0 radical (unpaired) electrons. The first-order valence-electron chi connectivity index (χ1n) is 6.28. The quantitative estimate of drug-likeness (QED) is 0.737. The summed E-state index contributed by atoms with van der Waals surface area (Å²) in [6.45, 7) is 5.78. The SMILES string of the molecule is CC(C)(C)CC(O)CNS(=O)(=O)C1CCS(=O)(=O)C1. The number of aliphatic hydroxyl groups excluding tert-OH is 1. The Labute approximate surface area is 115 Å². The molecular weight excluding hydrogens is 290 g/mol. The Morgan fingerprint density at radius 1 is 1.37 bits per heavy atom. The minimum atomic E-state index is -3.67. The van der Waals surface area contributed by atoms with Crippen LogP contribution in [0.3, 0.4) is 0 Å². The van der Waals surface area contributed by atoms with Gasteiger partial charge < -0.3 is 5.11 Å². The van der Waals surface area contributed by atoms with Crippen LogP contribution in [0.5, 0.6) is 0 Å². The number of hydrogen-bond donors (Lipinski definition) is 2. The molecule has 0 aromatic heterocycles. The van der Waals surface area contributed by atoms with E-state index in [0.29, 0.717) is 6.42 Å². The Balaban J connectivity index is 2.53. The van der Waals surface area contributed by atoms with Gasteiger partial charge in [-0.3, -0.25) is 0 Å². The topological polar surface area (TPSA) is 101 Å². The number of hydrogen-bond acceptors (Lipinski definition) is 5. The number of aliphatic hydroxyl groups is 1. The third kappa shape index (κ3) is 5.76. The summed E-state index contributed by atoms with van der Waals surface area (Å²) in [5, 5.41) is 8.86. The molecule has 1 heterocycles. The van der Waals surface area contributed by atoms with Gasteiger partial charge in [0.1, 0.15) is 0 Å². The molecule has 0 spiro atoms. The van der Waals surface area contributed by atoms with E-state index >= 15 is 0 Å². The normalized spacial score (nSPS) is 25.4. The van der Waals surface area contributed by atoms with Crippen LogP contribution in [0.2, 0.25) is 0 Å². The van der Waals surface area contributed by atoms with Gasteiger partial charge in [0.25, 0.3) is 0 Å². The van der Waals surface area contributed by atoms with E-state index in [9.17, 15) is 21.9 Å². The first-order valence-corrected chi connectivity index (χ1v) is 9.65. The van der Waals surface area contributed by atoms with Crippen LogP contribution in [0.25, 0.3) is 0 Å². The van der Waals surface area contributed by atoms with Crippen LogP contribution in [0.1, 0.15) is 33.6 Å². The molecule has 6 nitrogen and oxygen atoms in total. The van der Waals surface area contributed by atoms with E-state index in [1.807, 2.05) is 20.8 Å². The molecule has 1 aliphatic rings. The zero-order valence-electron chi connectivity index (χ0n) is 11.6. The predicted octanol–water partition coefficient (Wildman–Crippen LogP) is -0.110. The first kappa shape index (κ1) is 16.9. The number of sulfone groups is 1. The van der Waals surface area contributed by atoms with Crippen LogP contribution in [-0.2, 0) is 19.9 Å². The highest BCUT2D eigenvalue weighted by atomic mass is 32.2. The van der Waals surface area contributed by atoms with Gasteiger partial charge in [-0.2, -0.15) is 0 Å². The molecule has 1 fully saturated rings. The van der Waals surface area contributed by atoms with Crippen LogP contribution >= 0.6 is 0 Å². The third-order valence-electron chi connectivity index (χ3n) is 3.00. The van der Waals surface area contributed by atoms with E-state index in [-0.39, 0.29) is 29.9 Å². The van der Waals surface area contributed by atoms with Gasteiger partial charge in [0, 0.05) is 6.54 Å². The summed E-state index contributed by atoms with van der Waals surface area (Å²) in [6.07, 6.45) is -0.168. The molecule has 0 saturated carbocycles. The van der Waals surface area contributed by atoms with E-state index in [1.54, 1.807) is 0 Å². The first-order chi connectivity index (χ1) is 8.41. The van der Waals surface area contributed by atoms with Crippen LogP contribution < -0.4 is 4.72 Å². The maximum Gasteiger partial charge on any atom is 0.215 e. The second-order valence-electron chi connectivity index (χ2n) is 6.34. The molecule has 0 aromatic rings. The Kier molecular flexibility index (Phi) is 5.03. The van der Waals surface area contributed by atoms with E-state index in [0.717, 1.165) is 0 Å². The lowest BCUT2D eigenvalue weighted by Crippen LogP contribution is -2.40. The summed E-state index contributed by atoms with van der Waals surface area (Å²) in [4.78, 5) is 0. The van der Waals surface area contributed by atoms with Gasteiger partial charge in [-0.15, -0.1) is 0 Å². The zero-order valence-corrected chi connectivity index (χ0v) is 13.2. The van der Waals surface area contributed by atoms with Crippen molar-refractivity contribution in [2.24, 2.45) is 5.41 Å². The predicted molar refractivity (Wildman–Crippen MR) is 74.1 cm³/mol. The van der Waals surface area contributed by atoms with Crippen LogP contribution in [0.4, 0.5) is 0 Å². The summed E-state index contributed by atoms with van der Waals surface area (Å²) >= 11 is 0. The van der Waals surface area contributed by atoms with Crippen molar-refractivity contribution in [3.05, 3.63) is 0 Å². The molecule has 0 bridgehead atoms. The highest BCUT2D eigenvalue weighted by Gasteiger charge is 2.37. The van der Waals surface area contributed by atoms with Gasteiger partial charge in [0.15, 0.2) is 9.84 Å². The molecule has 8 heteroatoms. The van der Waals surface area contributed by atoms with Crippen molar-refractivity contribution in [2.45, 2.75) is 45.0 Å². The minimum Gasteiger partial charge on any atom is -0.392 e. The minimum absolute atomic E-state index is 0.0733. The Hall–Kier alpha value is -0.180. The molecular formula is C11H23NO5S2. The molecule has 2 unspecified atom stereocenters. The molecule has 2 N–H and O–H groups in total. The Bertz CT molecular complexity index is 504. The van der Waals surface area contributed by atoms with Crippen molar-refractivity contribution in [3.8, 4) is 0 Å². The summed E-state index contributed by atoms with van der Waals surface area (Å²) in [5.41, 5.74) is -0.0957. The molecule has 0 aliphatic carbocycles. The molecule has 0 aromatic carbocycles. The highest BCUT2D eigenvalue weighted by Crippen LogP contribution is 2.21. The van der Waals surface area contributed by atoms with Crippen molar-refractivity contribution in [2.75, 3.05) is 18.1 Å². The zero-order chi connectivity index (χ0) is 14.9. The largest absolute Gasteiger partial charge is 0.392 e. The Morgan fingerprint density at radius 2 is 1.95 bits per heavy atom. The molecule has 1 rings (SSSR count). The van der Waals surface area contributed by atoms with Gasteiger partial charge >= 0.3 is 0 Å². The maximum absolute atomic E-state index is 11.9. The Morgan fingerprint density at radius 3 is 2.37 bits per heavy atom. The van der Waals surface area contributed by atoms with E-state index < -0.39 is 31.2 Å². The van der Waals surface area contributed by atoms with Gasteiger partial charge in [0.05, 0.1) is 22.9 Å². The van der Waals surface area contributed by atoms with Crippen LogP contribution in [-0.4, -0.2) is 51.3 Å². The third-order valence-corrected chi connectivity index (χ3v) is 6.83. The summed E-state index contributed by atoms with van der Waals surface area (Å²) in [5.74, 6) is -0.402. The van der Waals surface area contributed by atoms with Crippen molar-refractivity contribution >= 4 is 19.9 Å². The van der Waals surface area contributed by atoms with Gasteiger partial charge in [-0.25, -0.2) is 21.6 Å². The van der Waals surface area contributed by atoms with E-state index in [4.69, 9.17) is 0 Å². The van der Waals surface area contributed by atoms with E-state index in [2.05, 4.69) is 4.72 Å². The monoisotopic (exact) mass is 313 g/mol. The van der Waals surface area contributed by atoms with Gasteiger partial charge in [0.2, 0.25) is 10.0 Å². The van der Waals surface area contributed by atoms with Gasteiger partial charge in [-0.05, 0) is 18.3 Å².